The largest absolute Gasteiger partial charge is 0.483 e. The van der Waals surface area contributed by atoms with Gasteiger partial charge in [0.15, 0.2) is 6.61 Å². The number of aromatic nitrogens is 1. The summed E-state index contributed by atoms with van der Waals surface area (Å²) in [5.74, 6) is 0.509. The Morgan fingerprint density at radius 3 is 2.38 bits per heavy atom. The zero-order chi connectivity index (χ0) is 25.8. The molecule has 0 saturated carbocycles. The van der Waals surface area contributed by atoms with Gasteiger partial charge in [0, 0.05) is 68.1 Å². The van der Waals surface area contributed by atoms with E-state index in [4.69, 9.17) is 9.15 Å². The molecule has 0 N–H and O–H groups in total. The van der Waals surface area contributed by atoms with Crippen molar-refractivity contribution in [2.24, 2.45) is 0 Å². The second-order valence-electron chi connectivity index (χ2n) is 9.52. The number of aryl methyl sites for hydroxylation is 2. The second kappa shape index (κ2) is 11.0. The van der Waals surface area contributed by atoms with Gasteiger partial charge in [-0.3, -0.25) is 14.7 Å². The number of carbonyl (C=O) groups is 1. The standard InChI is InChI=1S/C30H31N3O4/c1-21-25-8-9-27(22(2)29(25)37-30(35)26(21)18-23-6-4-3-5-7-23)36-20-28(34)33-16-14-32(15-17-33)19-24-10-12-31-13-11-24/h3-13H,14-20H2,1-2H3. The van der Waals surface area contributed by atoms with E-state index in [0.717, 1.165) is 41.7 Å². The normalized spacial score (nSPS) is 14.2. The predicted octanol–water partition coefficient (Wildman–Crippen LogP) is 4.12. The van der Waals surface area contributed by atoms with Crippen LogP contribution in [0.15, 0.2) is 76.2 Å². The van der Waals surface area contributed by atoms with Crippen LogP contribution in [0.4, 0.5) is 0 Å². The number of carbonyl (C=O) groups excluding carboxylic acids is 1. The summed E-state index contributed by atoms with van der Waals surface area (Å²) in [6.45, 7) is 7.59. The lowest BCUT2D eigenvalue weighted by Gasteiger charge is -2.34. The van der Waals surface area contributed by atoms with Gasteiger partial charge in [-0.2, -0.15) is 0 Å². The zero-order valence-corrected chi connectivity index (χ0v) is 21.3. The summed E-state index contributed by atoms with van der Waals surface area (Å²) in [6.07, 6.45) is 4.13. The Bertz CT molecular complexity index is 1440. The van der Waals surface area contributed by atoms with Crippen molar-refractivity contribution in [2.75, 3.05) is 32.8 Å². The molecule has 3 heterocycles. The van der Waals surface area contributed by atoms with E-state index in [0.29, 0.717) is 36.4 Å². The van der Waals surface area contributed by atoms with Crippen molar-refractivity contribution in [3.63, 3.8) is 0 Å². The lowest BCUT2D eigenvalue weighted by atomic mass is 9.98. The second-order valence-corrected chi connectivity index (χ2v) is 9.52. The first-order chi connectivity index (χ1) is 18.0. The van der Waals surface area contributed by atoms with Crippen LogP contribution in [-0.2, 0) is 17.8 Å². The van der Waals surface area contributed by atoms with Crippen LogP contribution in [0.1, 0.15) is 27.8 Å². The van der Waals surface area contributed by atoms with Crippen molar-refractivity contribution in [3.05, 3.63) is 105 Å². The maximum Gasteiger partial charge on any atom is 0.340 e. The SMILES string of the molecule is Cc1c(Cc2ccccc2)c(=O)oc2c(C)c(OCC(=O)N3CCN(Cc4ccncc4)CC3)ccc12. The van der Waals surface area contributed by atoms with Crippen molar-refractivity contribution >= 4 is 16.9 Å². The van der Waals surface area contributed by atoms with E-state index < -0.39 is 0 Å². The van der Waals surface area contributed by atoms with E-state index in [1.54, 1.807) is 12.4 Å². The molecule has 1 aliphatic heterocycles. The van der Waals surface area contributed by atoms with Crippen molar-refractivity contribution in [1.29, 1.82) is 0 Å². The molecule has 37 heavy (non-hydrogen) atoms. The summed E-state index contributed by atoms with van der Waals surface area (Å²) in [4.78, 5) is 33.9. The Hall–Kier alpha value is -3.97. The van der Waals surface area contributed by atoms with Gasteiger partial charge < -0.3 is 14.1 Å². The first kappa shape index (κ1) is 24.7. The van der Waals surface area contributed by atoms with Crippen molar-refractivity contribution in [3.8, 4) is 5.75 Å². The van der Waals surface area contributed by atoms with Gasteiger partial charge in [0.25, 0.3) is 5.91 Å². The monoisotopic (exact) mass is 497 g/mol. The Balaban J connectivity index is 1.23. The Labute approximate surface area is 216 Å². The molecule has 5 rings (SSSR count). The zero-order valence-electron chi connectivity index (χ0n) is 21.3. The number of fused-ring (bicyclic) bond motifs is 1. The third-order valence-corrected chi connectivity index (χ3v) is 7.11. The maximum atomic E-state index is 12.9. The van der Waals surface area contributed by atoms with Gasteiger partial charge in [-0.1, -0.05) is 30.3 Å². The highest BCUT2D eigenvalue weighted by Crippen LogP contribution is 2.30. The molecular weight excluding hydrogens is 466 g/mol. The first-order valence-electron chi connectivity index (χ1n) is 12.6. The minimum atomic E-state index is -0.338. The molecule has 0 atom stereocenters. The third kappa shape index (κ3) is 5.57. The highest BCUT2D eigenvalue weighted by molar-refractivity contribution is 5.86. The molecule has 7 heteroatoms. The van der Waals surface area contributed by atoms with E-state index in [1.165, 1.54) is 5.56 Å². The van der Waals surface area contributed by atoms with E-state index in [-0.39, 0.29) is 18.1 Å². The van der Waals surface area contributed by atoms with Crippen LogP contribution in [-0.4, -0.2) is 53.5 Å². The van der Waals surface area contributed by atoms with E-state index >= 15 is 0 Å². The van der Waals surface area contributed by atoms with Crippen LogP contribution in [0.25, 0.3) is 11.0 Å². The highest BCUT2D eigenvalue weighted by atomic mass is 16.5. The van der Waals surface area contributed by atoms with Crippen LogP contribution in [0.3, 0.4) is 0 Å². The minimum Gasteiger partial charge on any atom is -0.483 e. The van der Waals surface area contributed by atoms with Crippen LogP contribution < -0.4 is 10.4 Å². The fraction of sp³-hybridized carbons (Fsp3) is 0.300. The number of rotatable bonds is 7. The van der Waals surface area contributed by atoms with E-state index in [1.807, 2.05) is 73.3 Å². The number of hydrogen-bond acceptors (Lipinski definition) is 6. The number of hydrogen-bond donors (Lipinski definition) is 0. The number of benzene rings is 2. The third-order valence-electron chi connectivity index (χ3n) is 7.11. The molecule has 7 nitrogen and oxygen atoms in total. The number of pyridine rings is 1. The summed E-state index contributed by atoms with van der Waals surface area (Å²) in [5, 5.41) is 0.882. The average Bonchev–Trinajstić information content (AvgIpc) is 2.92. The summed E-state index contributed by atoms with van der Waals surface area (Å²) in [6, 6.07) is 17.7. The van der Waals surface area contributed by atoms with Gasteiger partial charge in [0.2, 0.25) is 0 Å². The van der Waals surface area contributed by atoms with Crippen LogP contribution in [0.5, 0.6) is 5.75 Å². The molecule has 0 radical (unpaired) electrons. The van der Waals surface area contributed by atoms with Gasteiger partial charge in [0.1, 0.15) is 11.3 Å². The number of nitrogens with zero attached hydrogens (tertiary/aromatic N) is 3. The Morgan fingerprint density at radius 2 is 1.65 bits per heavy atom. The van der Waals surface area contributed by atoms with Crippen LogP contribution >= 0.6 is 0 Å². The molecule has 0 bridgehead atoms. The molecule has 2 aromatic carbocycles. The van der Waals surface area contributed by atoms with E-state index in [9.17, 15) is 9.59 Å². The summed E-state index contributed by atoms with van der Waals surface area (Å²) in [7, 11) is 0. The molecule has 0 unspecified atom stereocenters. The van der Waals surface area contributed by atoms with Gasteiger partial charge >= 0.3 is 5.63 Å². The molecule has 0 aliphatic carbocycles. The topological polar surface area (TPSA) is 75.9 Å². The molecule has 1 saturated heterocycles. The molecule has 4 aromatic rings. The predicted molar refractivity (Wildman–Crippen MR) is 143 cm³/mol. The number of ether oxygens (including phenoxy) is 1. The van der Waals surface area contributed by atoms with Gasteiger partial charge in [-0.15, -0.1) is 0 Å². The van der Waals surface area contributed by atoms with Gasteiger partial charge in [0.05, 0.1) is 0 Å². The smallest absolute Gasteiger partial charge is 0.340 e. The summed E-state index contributed by atoms with van der Waals surface area (Å²) >= 11 is 0. The maximum absolute atomic E-state index is 12.9. The fourth-order valence-corrected chi connectivity index (χ4v) is 4.86. The number of piperazine rings is 1. The van der Waals surface area contributed by atoms with Gasteiger partial charge in [-0.25, -0.2) is 4.79 Å². The minimum absolute atomic E-state index is 0.0427. The molecule has 1 fully saturated rings. The lowest BCUT2D eigenvalue weighted by Crippen LogP contribution is -2.49. The highest BCUT2D eigenvalue weighted by Gasteiger charge is 2.22. The Kier molecular flexibility index (Phi) is 7.32. The Morgan fingerprint density at radius 1 is 0.919 bits per heavy atom. The average molecular weight is 498 g/mol. The molecule has 1 aliphatic rings. The molecule has 2 aromatic heterocycles. The lowest BCUT2D eigenvalue weighted by molar-refractivity contribution is -0.135. The summed E-state index contributed by atoms with van der Waals surface area (Å²) < 4.78 is 11.7. The van der Waals surface area contributed by atoms with Crippen molar-refractivity contribution in [2.45, 2.75) is 26.8 Å². The summed E-state index contributed by atoms with van der Waals surface area (Å²) in [5.41, 5.74) is 4.74. The van der Waals surface area contributed by atoms with E-state index in [2.05, 4.69) is 9.88 Å². The molecule has 190 valence electrons. The van der Waals surface area contributed by atoms with Crippen molar-refractivity contribution < 1.29 is 13.9 Å². The first-order valence-corrected chi connectivity index (χ1v) is 12.6. The number of amides is 1. The van der Waals surface area contributed by atoms with Crippen LogP contribution in [0, 0.1) is 13.8 Å². The molecule has 1 amide bonds. The molecular formula is C30H31N3O4. The van der Waals surface area contributed by atoms with Crippen LogP contribution in [0.2, 0.25) is 0 Å². The van der Waals surface area contributed by atoms with Crippen molar-refractivity contribution in [1.82, 2.24) is 14.8 Å². The molecule has 0 spiro atoms. The quantitative estimate of drug-likeness (QED) is 0.358. The van der Waals surface area contributed by atoms with Gasteiger partial charge in [-0.05, 0) is 54.8 Å². The fourth-order valence-electron chi connectivity index (χ4n) is 4.86.